The van der Waals surface area contributed by atoms with Crippen molar-refractivity contribution in [3.8, 4) is 0 Å². The zero-order valence-electron chi connectivity index (χ0n) is 13.5. The van der Waals surface area contributed by atoms with Gasteiger partial charge in [0.25, 0.3) is 0 Å². The minimum absolute atomic E-state index is 0.0710. The van der Waals surface area contributed by atoms with Gasteiger partial charge in [-0.3, -0.25) is 9.59 Å². The first-order valence-electron chi connectivity index (χ1n) is 7.55. The third kappa shape index (κ3) is 4.80. The number of aliphatic carboxylic acids is 1. The summed E-state index contributed by atoms with van der Waals surface area (Å²) in [6.45, 7) is 10.5. The van der Waals surface area contributed by atoms with Crippen LogP contribution < -0.4 is 5.32 Å². The van der Waals surface area contributed by atoms with Gasteiger partial charge in [0, 0.05) is 12.5 Å². The largest absolute Gasteiger partial charge is 0.481 e. The molecule has 1 aliphatic rings. The molecule has 1 fully saturated rings. The molecule has 1 saturated carbocycles. The Labute approximate surface area is 122 Å². The standard InChI is InChI=1S/C16H29NO3/c1-11-8-12(10-15(2,3)9-11)13(18)17-7-6-16(4,5)14(19)20/h11-12H,6-10H2,1-5H3,(H,17,18)(H,19,20). The van der Waals surface area contributed by atoms with Crippen LogP contribution in [0.15, 0.2) is 0 Å². The molecule has 1 amide bonds. The normalized spacial score (nSPS) is 26.1. The van der Waals surface area contributed by atoms with Crippen LogP contribution in [0.3, 0.4) is 0 Å². The van der Waals surface area contributed by atoms with Crippen molar-refractivity contribution in [3.05, 3.63) is 0 Å². The molecule has 1 rings (SSSR count). The van der Waals surface area contributed by atoms with Crippen LogP contribution in [0.4, 0.5) is 0 Å². The van der Waals surface area contributed by atoms with Crippen LogP contribution >= 0.6 is 0 Å². The molecule has 1 aliphatic carbocycles. The van der Waals surface area contributed by atoms with Crippen molar-refractivity contribution in [2.75, 3.05) is 6.54 Å². The van der Waals surface area contributed by atoms with Crippen molar-refractivity contribution < 1.29 is 14.7 Å². The molecule has 0 aliphatic heterocycles. The Balaban J connectivity index is 2.45. The van der Waals surface area contributed by atoms with E-state index in [0.29, 0.717) is 18.9 Å². The van der Waals surface area contributed by atoms with E-state index in [4.69, 9.17) is 5.11 Å². The zero-order chi connectivity index (χ0) is 15.6. The first-order valence-corrected chi connectivity index (χ1v) is 7.55. The maximum atomic E-state index is 12.2. The lowest BCUT2D eigenvalue weighted by Crippen LogP contribution is -2.40. The molecule has 0 bridgehead atoms. The Morgan fingerprint density at radius 1 is 1.30 bits per heavy atom. The lowest BCUT2D eigenvalue weighted by atomic mass is 9.68. The van der Waals surface area contributed by atoms with E-state index in [0.717, 1.165) is 12.8 Å². The Hall–Kier alpha value is -1.06. The molecular weight excluding hydrogens is 254 g/mol. The zero-order valence-corrected chi connectivity index (χ0v) is 13.5. The number of carboxylic acid groups (broad SMARTS) is 1. The lowest BCUT2D eigenvalue weighted by Gasteiger charge is -2.38. The number of nitrogens with one attached hydrogen (secondary N) is 1. The highest BCUT2D eigenvalue weighted by Crippen LogP contribution is 2.41. The van der Waals surface area contributed by atoms with E-state index in [9.17, 15) is 9.59 Å². The van der Waals surface area contributed by atoms with Gasteiger partial charge in [-0.2, -0.15) is 0 Å². The van der Waals surface area contributed by atoms with Gasteiger partial charge in [-0.05, 0) is 50.9 Å². The first kappa shape index (κ1) is 17.0. The van der Waals surface area contributed by atoms with Gasteiger partial charge in [0.15, 0.2) is 0 Å². The molecule has 2 unspecified atom stereocenters. The number of amides is 1. The number of rotatable bonds is 5. The number of carbonyl (C=O) groups excluding carboxylic acids is 1. The maximum absolute atomic E-state index is 12.2. The van der Waals surface area contributed by atoms with Gasteiger partial charge in [0.2, 0.25) is 5.91 Å². The van der Waals surface area contributed by atoms with E-state index in [-0.39, 0.29) is 17.2 Å². The average molecular weight is 283 g/mol. The summed E-state index contributed by atoms with van der Waals surface area (Å²) >= 11 is 0. The van der Waals surface area contributed by atoms with Crippen molar-refractivity contribution in [1.29, 1.82) is 0 Å². The SMILES string of the molecule is CC1CC(C(=O)NCCC(C)(C)C(=O)O)CC(C)(C)C1. The fourth-order valence-corrected chi connectivity index (χ4v) is 3.30. The summed E-state index contributed by atoms with van der Waals surface area (Å²) in [4.78, 5) is 23.2. The van der Waals surface area contributed by atoms with Crippen LogP contribution in [0.25, 0.3) is 0 Å². The molecule has 2 atom stereocenters. The summed E-state index contributed by atoms with van der Waals surface area (Å²) in [7, 11) is 0. The predicted octanol–water partition coefficient (Wildman–Crippen LogP) is 3.07. The van der Waals surface area contributed by atoms with Crippen molar-refractivity contribution in [3.63, 3.8) is 0 Å². The summed E-state index contributed by atoms with van der Waals surface area (Å²) in [5.41, 5.74) is -0.563. The topological polar surface area (TPSA) is 66.4 Å². The van der Waals surface area contributed by atoms with E-state index in [1.165, 1.54) is 6.42 Å². The molecule has 4 nitrogen and oxygen atoms in total. The van der Waals surface area contributed by atoms with Crippen LogP contribution in [0.2, 0.25) is 0 Å². The predicted molar refractivity (Wildman–Crippen MR) is 79.3 cm³/mol. The van der Waals surface area contributed by atoms with Crippen LogP contribution in [0.5, 0.6) is 0 Å². The van der Waals surface area contributed by atoms with Crippen LogP contribution in [0, 0.1) is 22.7 Å². The summed E-state index contributed by atoms with van der Waals surface area (Å²) in [5.74, 6) is -0.0864. The van der Waals surface area contributed by atoms with Crippen molar-refractivity contribution in [2.24, 2.45) is 22.7 Å². The van der Waals surface area contributed by atoms with E-state index < -0.39 is 11.4 Å². The minimum Gasteiger partial charge on any atom is -0.481 e. The molecule has 0 saturated heterocycles. The van der Waals surface area contributed by atoms with E-state index in [2.05, 4.69) is 26.1 Å². The number of hydrogen-bond acceptors (Lipinski definition) is 2. The lowest BCUT2D eigenvalue weighted by molar-refractivity contribution is -0.147. The molecule has 4 heteroatoms. The van der Waals surface area contributed by atoms with Gasteiger partial charge in [-0.15, -0.1) is 0 Å². The summed E-state index contributed by atoms with van der Waals surface area (Å²) < 4.78 is 0. The van der Waals surface area contributed by atoms with E-state index in [1.807, 2.05) is 0 Å². The Kier molecular flexibility index (Phi) is 5.22. The van der Waals surface area contributed by atoms with Gasteiger partial charge in [0.1, 0.15) is 0 Å². The highest BCUT2D eigenvalue weighted by molar-refractivity contribution is 5.79. The van der Waals surface area contributed by atoms with Crippen LogP contribution in [0.1, 0.15) is 60.3 Å². The second-order valence-electron chi connectivity index (χ2n) is 7.84. The second kappa shape index (κ2) is 6.15. The number of hydrogen-bond donors (Lipinski definition) is 2. The van der Waals surface area contributed by atoms with Gasteiger partial charge < -0.3 is 10.4 Å². The van der Waals surface area contributed by atoms with Gasteiger partial charge in [0.05, 0.1) is 5.41 Å². The third-order valence-electron chi connectivity index (χ3n) is 4.39. The molecule has 20 heavy (non-hydrogen) atoms. The van der Waals surface area contributed by atoms with Gasteiger partial charge >= 0.3 is 5.97 Å². The average Bonchev–Trinajstić information content (AvgIpc) is 2.25. The second-order valence-corrected chi connectivity index (χ2v) is 7.84. The van der Waals surface area contributed by atoms with Gasteiger partial charge in [-0.25, -0.2) is 0 Å². The van der Waals surface area contributed by atoms with Crippen molar-refractivity contribution >= 4 is 11.9 Å². The summed E-state index contributed by atoms with van der Waals surface area (Å²) in [5, 5.41) is 12.0. The fourth-order valence-electron chi connectivity index (χ4n) is 3.30. The highest BCUT2D eigenvalue weighted by Gasteiger charge is 2.35. The monoisotopic (exact) mass is 283 g/mol. The molecule has 0 aromatic rings. The first-order chi connectivity index (χ1) is 9.03. The minimum atomic E-state index is -0.820. The Bertz CT molecular complexity index is 374. The smallest absolute Gasteiger partial charge is 0.309 e. The Morgan fingerprint density at radius 2 is 1.90 bits per heavy atom. The molecule has 0 aromatic heterocycles. The molecule has 0 radical (unpaired) electrons. The van der Waals surface area contributed by atoms with Gasteiger partial charge in [-0.1, -0.05) is 20.8 Å². The molecule has 2 N–H and O–H groups in total. The molecule has 116 valence electrons. The fraction of sp³-hybridized carbons (Fsp3) is 0.875. The quantitative estimate of drug-likeness (QED) is 0.815. The number of carbonyl (C=O) groups is 2. The Morgan fingerprint density at radius 3 is 2.40 bits per heavy atom. The van der Waals surface area contributed by atoms with Crippen molar-refractivity contribution in [2.45, 2.75) is 60.3 Å². The van der Waals surface area contributed by atoms with Crippen molar-refractivity contribution in [1.82, 2.24) is 5.32 Å². The van der Waals surface area contributed by atoms with Crippen LogP contribution in [-0.4, -0.2) is 23.5 Å². The third-order valence-corrected chi connectivity index (χ3v) is 4.39. The molecular formula is C16H29NO3. The molecule has 0 spiro atoms. The summed E-state index contributed by atoms with van der Waals surface area (Å²) in [6.07, 6.45) is 3.49. The summed E-state index contributed by atoms with van der Waals surface area (Å²) in [6, 6.07) is 0. The highest BCUT2D eigenvalue weighted by atomic mass is 16.4. The maximum Gasteiger partial charge on any atom is 0.309 e. The van der Waals surface area contributed by atoms with Crippen LogP contribution in [-0.2, 0) is 9.59 Å². The van der Waals surface area contributed by atoms with E-state index >= 15 is 0 Å². The van der Waals surface area contributed by atoms with E-state index in [1.54, 1.807) is 13.8 Å². The molecule has 0 heterocycles. The molecule has 0 aromatic carbocycles. The number of carboxylic acids is 1.